The number of carboxylic acids is 3. The fraction of sp³-hybridized carbons (Fsp3) is 0.636. The average molecular weight is 889 g/mol. The Morgan fingerprint density at radius 2 is 1.30 bits per heavy atom. The SMILES string of the molecule is N#C[C@@H]1C[C@@H]2C[C@@H]2N1C(=O)CNC(=O)c1ccnc2ccc(OCC3CN(CC4CCN(C(=O)CN5CCN(CC(=O)O)CCN(CC(=O)O)CCN(CC(=O)O)CC5)CC4)C3)cc12. The molecular weight excluding hydrogens is 829 g/mol. The second-order valence-electron chi connectivity index (χ2n) is 18.0. The molecule has 1 aliphatic carbocycles. The number of pyridine rings is 1. The van der Waals surface area contributed by atoms with Crippen LogP contribution >= 0.6 is 0 Å². The van der Waals surface area contributed by atoms with Crippen LogP contribution < -0.4 is 10.1 Å². The number of rotatable bonds is 16. The number of fused-ring (bicyclic) bond motifs is 2. The zero-order valence-electron chi connectivity index (χ0n) is 36.3. The predicted molar refractivity (Wildman–Crippen MR) is 230 cm³/mol. The third-order valence-corrected chi connectivity index (χ3v) is 13.3. The maximum atomic E-state index is 13.6. The van der Waals surface area contributed by atoms with E-state index in [0.29, 0.717) is 118 Å². The Kier molecular flexibility index (Phi) is 15.6. The number of ether oxygens (including phenoxy) is 1. The van der Waals surface area contributed by atoms with E-state index in [1.54, 1.807) is 31.9 Å². The summed E-state index contributed by atoms with van der Waals surface area (Å²) in [6.45, 7) is 6.62. The average Bonchev–Trinajstić information content (AvgIpc) is 3.91. The first-order chi connectivity index (χ1) is 30.8. The number of benzene rings is 1. The minimum Gasteiger partial charge on any atom is -0.493 e. The van der Waals surface area contributed by atoms with Gasteiger partial charge >= 0.3 is 17.9 Å². The number of nitriles is 1. The smallest absolute Gasteiger partial charge is 0.317 e. The standard InChI is InChI=1S/C44H60N10O10/c45-20-33-17-32-18-38(32)54(33)39(55)21-47-44(63)35-3-6-46-37-2-1-34(19-36(35)37)64-29-31-23-52(24-31)22-30-4-7-53(8-5-30)40(56)25-48-9-11-49(26-41(57)58)13-15-51(28-43(61)62)16-14-50(12-10-48)27-42(59)60/h1-3,6,19,30-33,38H,4-5,7-18,21-29H2,(H,47,63)(H,57,58)(H,59,60)(H,61,62)/t32-,33+,38+/m1/s1. The highest BCUT2D eigenvalue weighted by Gasteiger charge is 2.54. The van der Waals surface area contributed by atoms with Crippen LogP contribution in [-0.2, 0) is 24.0 Å². The molecule has 0 bridgehead atoms. The lowest BCUT2D eigenvalue weighted by Gasteiger charge is -2.42. The Labute approximate surface area is 372 Å². The van der Waals surface area contributed by atoms with Crippen molar-refractivity contribution >= 4 is 46.5 Å². The number of likely N-dealkylation sites (tertiary alicyclic amines) is 3. The van der Waals surface area contributed by atoms with Crippen LogP contribution in [0, 0.1) is 29.1 Å². The molecule has 2 aromatic rings. The van der Waals surface area contributed by atoms with Gasteiger partial charge in [-0.2, -0.15) is 5.26 Å². The molecule has 3 amide bonds. The molecule has 1 aromatic carbocycles. The molecule has 20 nitrogen and oxygen atoms in total. The Morgan fingerprint density at radius 3 is 1.86 bits per heavy atom. The molecule has 5 heterocycles. The van der Waals surface area contributed by atoms with Crippen molar-refractivity contribution in [3.63, 3.8) is 0 Å². The Hall–Kier alpha value is -5.46. The molecule has 0 unspecified atom stereocenters. The number of amides is 3. The summed E-state index contributed by atoms with van der Waals surface area (Å²) in [6.07, 6.45) is 4.94. The molecule has 346 valence electrons. The molecule has 7 rings (SSSR count). The molecule has 4 aliphatic heterocycles. The predicted octanol–water partition coefficient (Wildman–Crippen LogP) is -0.498. The molecule has 64 heavy (non-hydrogen) atoms. The van der Waals surface area contributed by atoms with Crippen LogP contribution in [0.5, 0.6) is 5.75 Å². The minimum absolute atomic E-state index is 0.00962. The van der Waals surface area contributed by atoms with E-state index in [1.165, 1.54) is 0 Å². The van der Waals surface area contributed by atoms with Crippen molar-refractivity contribution in [2.24, 2.45) is 17.8 Å². The van der Waals surface area contributed by atoms with Gasteiger partial charge in [-0.1, -0.05) is 0 Å². The first-order valence-electron chi connectivity index (χ1n) is 22.4. The third-order valence-electron chi connectivity index (χ3n) is 13.3. The third kappa shape index (κ3) is 12.6. The molecule has 20 heteroatoms. The zero-order chi connectivity index (χ0) is 45.3. The quantitative estimate of drug-likeness (QED) is 0.166. The van der Waals surface area contributed by atoms with Gasteiger partial charge in [0.05, 0.1) is 56.5 Å². The summed E-state index contributed by atoms with van der Waals surface area (Å²) in [4.78, 5) is 92.1. The van der Waals surface area contributed by atoms with E-state index in [1.807, 2.05) is 28.0 Å². The van der Waals surface area contributed by atoms with Crippen molar-refractivity contribution in [2.75, 3.05) is 124 Å². The van der Waals surface area contributed by atoms with Crippen LogP contribution in [0.4, 0.5) is 0 Å². The normalized spacial score (nSPS) is 23.6. The number of nitrogens with one attached hydrogen (secondary N) is 1. The summed E-state index contributed by atoms with van der Waals surface area (Å²) < 4.78 is 6.20. The van der Waals surface area contributed by atoms with Crippen molar-refractivity contribution in [1.29, 1.82) is 5.26 Å². The van der Waals surface area contributed by atoms with Gasteiger partial charge in [0.2, 0.25) is 11.8 Å². The number of piperidine rings is 2. The zero-order valence-corrected chi connectivity index (χ0v) is 36.3. The largest absolute Gasteiger partial charge is 0.493 e. The van der Waals surface area contributed by atoms with E-state index < -0.39 is 23.9 Å². The number of hydrogen-bond acceptors (Lipinski definition) is 14. The lowest BCUT2D eigenvalue weighted by atomic mass is 9.92. The molecule has 1 aromatic heterocycles. The van der Waals surface area contributed by atoms with E-state index >= 15 is 0 Å². The summed E-state index contributed by atoms with van der Waals surface area (Å²) in [7, 11) is 0. The van der Waals surface area contributed by atoms with Crippen molar-refractivity contribution in [1.82, 2.24) is 44.6 Å². The summed E-state index contributed by atoms with van der Waals surface area (Å²) in [6, 6.07) is 8.99. The summed E-state index contributed by atoms with van der Waals surface area (Å²) in [5, 5.41) is 41.3. The minimum atomic E-state index is -1.01. The van der Waals surface area contributed by atoms with Gasteiger partial charge in [-0.15, -0.1) is 0 Å². The molecule has 4 N–H and O–H groups in total. The number of carbonyl (C=O) groups is 6. The number of hydrogen-bond donors (Lipinski definition) is 4. The van der Waals surface area contributed by atoms with Crippen LogP contribution in [0.1, 0.15) is 36.0 Å². The highest BCUT2D eigenvalue weighted by Crippen LogP contribution is 2.47. The van der Waals surface area contributed by atoms with Crippen molar-refractivity contribution in [2.45, 2.75) is 37.8 Å². The molecule has 3 atom stereocenters. The molecule has 5 aliphatic rings. The summed E-state index contributed by atoms with van der Waals surface area (Å²) in [5.41, 5.74) is 1.03. The summed E-state index contributed by atoms with van der Waals surface area (Å²) in [5.74, 6) is -1.82. The number of nitrogens with zero attached hydrogens (tertiary/aromatic N) is 9. The van der Waals surface area contributed by atoms with Gasteiger partial charge in [0.1, 0.15) is 11.8 Å². The number of aromatic nitrogens is 1. The van der Waals surface area contributed by atoms with Crippen molar-refractivity contribution < 1.29 is 48.8 Å². The Bertz CT molecular complexity index is 2040. The van der Waals surface area contributed by atoms with Gasteiger partial charge in [0.25, 0.3) is 5.91 Å². The van der Waals surface area contributed by atoms with E-state index in [2.05, 4.69) is 21.3 Å². The maximum Gasteiger partial charge on any atom is 0.317 e. The van der Waals surface area contributed by atoms with Gasteiger partial charge in [-0.25, -0.2) is 0 Å². The maximum absolute atomic E-state index is 13.6. The van der Waals surface area contributed by atoms with Crippen LogP contribution in [0.25, 0.3) is 10.9 Å². The van der Waals surface area contributed by atoms with E-state index in [0.717, 1.165) is 38.9 Å². The molecule has 4 saturated heterocycles. The highest BCUT2D eigenvalue weighted by atomic mass is 16.5. The molecular formula is C44H60N10O10. The van der Waals surface area contributed by atoms with E-state index in [4.69, 9.17) is 4.74 Å². The highest BCUT2D eigenvalue weighted by molar-refractivity contribution is 6.07. The monoisotopic (exact) mass is 888 g/mol. The summed E-state index contributed by atoms with van der Waals surface area (Å²) >= 11 is 0. The second kappa shape index (κ2) is 21.5. The van der Waals surface area contributed by atoms with Gasteiger partial charge in [-0.3, -0.25) is 53.4 Å². The molecule has 5 fully saturated rings. The molecule has 1 saturated carbocycles. The van der Waals surface area contributed by atoms with Gasteiger partial charge in [0, 0.05) is 109 Å². The number of aliphatic carboxylic acids is 3. The van der Waals surface area contributed by atoms with Gasteiger partial charge in [-0.05, 0) is 61.8 Å². The van der Waals surface area contributed by atoms with Crippen molar-refractivity contribution in [3.05, 3.63) is 36.0 Å². The van der Waals surface area contributed by atoms with E-state index in [-0.39, 0.29) is 56.5 Å². The van der Waals surface area contributed by atoms with Crippen LogP contribution in [0.3, 0.4) is 0 Å². The molecule has 0 spiro atoms. The number of carboxylic acid groups (broad SMARTS) is 3. The fourth-order valence-electron chi connectivity index (χ4n) is 9.64. The topological polar surface area (TPSA) is 244 Å². The molecule has 0 radical (unpaired) electrons. The lowest BCUT2D eigenvalue weighted by molar-refractivity contribution is -0.141. The first kappa shape index (κ1) is 46.5. The van der Waals surface area contributed by atoms with Crippen LogP contribution in [0.15, 0.2) is 30.5 Å². The fourth-order valence-corrected chi connectivity index (χ4v) is 9.64. The van der Waals surface area contributed by atoms with Crippen LogP contribution in [-0.4, -0.2) is 227 Å². The van der Waals surface area contributed by atoms with Gasteiger partial charge in [0.15, 0.2) is 0 Å². The Morgan fingerprint density at radius 1 is 0.719 bits per heavy atom. The number of carbonyl (C=O) groups excluding carboxylic acids is 3. The lowest BCUT2D eigenvalue weighted by Crippen LogP contribution is -2.53. The van der Waals surface area contributed by atoms with Crippen LogP contribution in [0.2, 0.25) is 0 Å². The van der Waals surface area contributed by atoms with E-state index in [9.17, 15) is 49.3 Å². The first-order valence-corrected chi connectivity index (χ1v) is 22.4. The van der Waals surface area contributed by atoms with Gasteiger partial charge < -0.3 is 40.1 Å². The Balaban J connectivity index is 0.836. The van der Waals surface area contributed by atoms with Crippen molar-refractivity contribution in [3.8, 4) is 11.8 Å². The second-order valence-corrected chi connectivity index (χ2v) is 18.0.